The molecule has 1 aromatic rings. The molecule has 0 unspecified atom stereocenters. The van der Waals surface area contributed by atoms with Gasteiger partial charge < -0.3 is 25.8 Å². The molecule has 0 spiro atoms. The van der Waals surface area contributed by atoms with Gasteiger partial charge in [-0.3, -0.25) is 9.59 Å². The average molecular weight is 361 g/mol. The molecule has 0 radical (unpaired) electrons. The van der Waals surface area contributed by atoms with E-state index in [1.54, 1.807) is 12.1 Å². The average Bonchev–Trinajstić information content (AvgIpc) is 3.09. The zero-order chi connectivity index (χ0) is 18.6. The number of primary amides is 1. The van der Waals surface area contributed by atoms with Crippen molar-refractivity contribution >= 4 is 11.8 Å². The van der Waals surface area contributed by atoms with Gasteiger partial charge in [0.15, 0.2) is 18.1 Å². The van der Waals surface area contributed by atoms with Crippen LogP contribution in [0.5, 0.6) is 11.5 Å². The quantitative estimate of drug-likeness (QED) is 0.671. The van der Waals surface area contributed by atoms with Crippen molar-refractivity contribution in [1.29, 1.82) is 0 Å². The predicted octanol–water partition coefficient (Wildman–Crippen LogP) is 0.955. The monoisotopic (exact) mass is 361 g/mol. The van der Waals surface area contributed by atoms with Gasteiger partial charge >= 0.3 is 0 Å². The number of ether oxygens (including phenoxy) is 2. The number of methoxy groups -OCH3 is 1. The Labute approximate surface area is 153 Å². The molecular weight excluding hydrogens is 334 g/mol. The summed E-state index contributed by atoms with van der Waals surface area (Å²) in [6, 6.07) is 5.38. The number of amides is 2. The molecule has 1 heterocycles. The second-order valence-electron chi connectivity index (χ2n) is 7.15. The third-order valence-electron chi connectivity index (χ3n) is 5.54. The molecule has 7 heteroatoms. The lowest BCUT2D eigenvalue weighted by molar-refractivity contribution is -0.134. The molecule has 2 amide bonds. The second-order valence-corrected chi connectivity index (χ2v) is 7.15. The zero-order valence-electron chi connectivity index (χ0n) is 15.2. The van der Waals surface area contributed by atoms with E-state index in [9.17, 15) is 9.59 Å². The Morgan fingerprint density at radius 3 is 2.96 bits per heavy atom. The van der Waals surface area contributed by atoms with Crippen LogP contribution in [0, 0.1) is 11.3 Å². The van der Waals surface area contributed by atoms with Crippen LogP contribution >= 0.6 is 0 Å². The van der Waals surface area contributed by atoms with Crippen LogP contribution in [0.2, 0.25) is 0 Å². The molecule has 1 aliphatic heterocycles. The minimum atomic E-state index is -0.546. The van der Waals surface area contributed by atoms with Crippen LogP contribution in [0.1, 0.15) is 31.2 Å². The molecule has 2 atom stereocenters. The molecule has 1 aliphatic carbocycles. The standard InChI is InChI=1S/C19H27N3O4/c1-25-16-8-13(5-6-15(16)26-11-17(20)23)9-22-18(24)19-7-3-2-4-14(19)10-21-12-19/h5-6,8,14,21H,2-4,7,9-12H2,1H3,(H2,20,23)(H,22,24)/t14-,19+/m0/s1. The molecule has 1 saturated carbocycles. The fourth-order valence-electron chi connectivity index (χ4n) is 4.14. The summed E-state index contributed by atoms with van der Waals surface area (Å²) < 4.78 is 10.6. The molecule has 2 fully saturated rings. The first-order valence-electron chi connectivity index (χ1n) is 9.12. The number of hydrogen-bond acceptors (Lipinski definition) is 5. The maximum atomic E-state index is 12.9. The minimum absolute atomic E-state index is 0.139. The van der Waals surface area contributed by atoms with Crippen molar-refractivity contribution in [3.8, 4) is 11.5 Å². The third kappa shape index (κ3) is 3.77. The summed E-state index contributed by atoms with van der Waals surface area (Å²) >= 11 is 0. The molecule has 4 N–H and O–H groups in total. The fraction of sp³-hybridized carbons (Fsp3) is 0.579. The molecule has 1 saturated heterocycles. The van der Waals surface area contributed by atoms with E-state index in [2.05, 4.69) is 10.6 Å². The summed E-state index contributed by atoms with van der Waals surface area (Å²) in [5, 5.41) is 6.50. The number of nitrogens with two attached hydrogens (primary N) is 1. The predicted molar refractivity (Wildman–Crippen MR) is 96.8 cm³/mol. The van der Waals surface area contributed by atoms with E-state index < -0.39 is 5.91 Å². The van der Waals surface area contributed by atoms with Gasteiger partial charge in [0.05, 0.1) is 12.5 Å². The van der Waals surface area contributed by atoms with Gasteiger partial charge in [-0.2, -0.15) is 0 Å². The van der Waals surface area contributed by atoms with Crippen molar-refractivity contribution in [2.75, 3.05) is 26.8 Å². The summed E-state index contributed by atoms with van der Waals surface area (Å²) in [7, 11) is 1.53. The van der Waals surface area contributed by atoms with Crippen LogP contribution in [0.15, 0.2) is 18.2 Å². The number of hydrogen-bond donors (Lipinski definition) is 3. The highest BCUT2D eigenvalue weighted by Gasteiger charge is 2.49. The number of carbonyl (C=O) groups is 2. The van der Waals surface area contributed by atoms with E-state index in [-0.39, 0.29) is 17.9 Å². The van der Waals surface area contributed by atoms with Gasteiger partial charge in [0.1, 0.15) is 0 Å². The first kappa shape index (κ1) is 18.5. The summed E-state index contributed by atoms with van der Waals surface area (Å²) in [6.07, 6.45) is 4.41. The molecule has 142 valence electrons. The molecular formula is C19H27N3O4. The van der Waals surface area contributed by atoms with Gasteiger partial charge in [-0.1, -0.05) is 18.9 Å². The normalized spacial score (nSPS) is 24.6. The van der Waals surface area contributed by atoms with E-state index in [1.165, 1.54) is 13.5 Å². The summed E-state index contributed by atoms with van der Waals surface area (Å²) in [5.41, 5.74) is 5.75. The van der Waals surface area contributed by atoms with Crippen molar-refractivity contribution in [2.45, 2.75) is 32.2 Å². The zero-order valence-corrected chi connectivity index (χ0v) is 15.2. The maximum absolute atomic E-state index is 12.9. The molecule has 0 bridgehead atoms. The van der Waals surface area contributed by atoms with Crippen LogP contribution in [-0.2, 0) is 16.1 Å². The van der Waals surface area contributed by atoms with Crippen molar-refractivity contribution < 1.29 is 19.1 Å². The Morgan fingerprint density at radius 2 is 2.19 bits per heavy atom. The van der Waals surface area contributed by atoms with E-state index in [1.807, 2.05) is 6.07 Å². The molecule has 7 nitrogen and oxygen atoms in total. The number of nitrogens with one attached hydrogen (secondary N) is 2. The van der Waals surface area contributed by atoms with Gasteiger partial charge in [-0.25, -0.2) is 0 Å². The Morgan fingerprint density at radius 1 is 1.35 bits per heavy atom. The summed E-state index contributed by atoms with van der Waals surface area (Å²) in [6.45, 7) is 1.93. The van der Waals surface area contributed by atoms with Gasteiger partial charge in [0.2, 0.25) is 5.91 Å². The lowest BCUT2D eigenvalue weighted by atomic mass is 9.67. The first-order chi connectivity index (χ1) is 12.5. The van der Waals surface area contributed by atoms with Gasteiger partial charge in [-0.05, 0) is 43.0 Å². The topological polar surface area (TPSA) is 103 Å². The Kier molecular flexibility index (Phi) is 5.66. The Hall–Kier alpha value is -2.28. The van der Waals surface area contributed by atoms with Crippen molar-refractivity contribution in [3.05, 3.63) is 23.8 Å². The maximum Gasteiger partial charge on any atom is 0.255 e. The van der Waals surface area contributed by atoms with E-state index in [0.717, 1.165) is 37.9 Å². The summed E-state index contributed by atoms with van der Waals surface area (Å²) in [5.74, 6) is 0.993. The third-order valence-corrected chi connectivity index (χ3v) is 5.54. The van der Waals surface area contributed by atoms with Crippen LogP contribution in [0.25, 0.3) is 0 Å². The van der Waals surface area contributed by atoms with Crippen LogP contribution in [-0.4, -0.2) is 38.6 Å². The molecule has 0 aromatic heterocycles. The molecule has 2 aliphatic rings. The van der Waals surface area contributed by atoms with Crippen LogP contribution in [0.3, 0.4) is 0 Å². The SMILES string of the molecule is COc1cc(CNC(=O)[C@@]23CCCC[C@H]2CNC3)ccc1OCC(N)=O. The number of carbonyl (C=O) groups excluding carboxylic acids is 2. The van der Waals surface area contributed by atoms with Gasteiger partial charge in [-0.15, -0.1) is 0 Å². The minimum Gasteiger partial charge on any atom is -0.493 e. The highest BCUT2D eigenvalue weighted by Crippen LogP contribution is 2.44. The fourth-order valence-corrected chi connectivity index (χ4v) is 4.14. The van der Waals surface area contributed by atoms with Crippen molar-refractivity contribution in [1.82, 2.24) is 10.6 Å². The van der Waals surface area contributed by atoms with Gasteiger partial charge in [0, 0.05) is 13.1 Å². The van der Waals surface area contributed by atoms with E-state index in [4.69, 9.17) is 15.2 Å². The largest absolute Gasteiger partial charge is 0.493 e. The molecule has 1 aromatic carbocycles. The highest BCUT2D eigenvalue weighted by atomic mass is 16.5. The number of benzene rings is 1. The Bertz CT molecular complexity index is 679. The second kappa shape index (κ2) is 7.95. The van der Waals surface area contributed by atoms with Crippen LogP contribution in [0.4, 0.5) is 0 Å². The smallest absolute Gasteiger partial charge is 0.255 e. The summed E-state index contributed by atoms with van der Waals surface area (Å²) in [4.78, 5) is 23.8. The van der Waals surface area contributed by atoms with E-state index >= 15 is 0 Å². The van der Waals surface area contributed by atoms with Crippen molar-refractivity contribution in [3.63, 3.8) is 0 Å². The van der Waals surface area contributed by atoms with Crippen molar-refractivity contribution in [2.24, 2.45) is 17.1 Å². The van der Waals surface area contributed by atoms with Crippen LogP contribution < -0.4 is 25.8 Å². The van der Waals surface area contributed by atoms with Gasteiger partial charge in [0.25, 0.3) is 5.91 Å². The first-order valence-corrected chi connectivity index (χ1v) is 9.12. The number of fused-ring (bicyclic) bond motifs is 1. The van der Waals surface area contributed by atoms with E-state index in [0.29, 0.717) is 24.0 Å². The lowest BCUT2D eigenvalue weighted by Gasteiger charge is -2.37. The molecule has 3 rings (SSSR count). The Balaban J connectivity index is 1.64. The number of rotatable bonds is 7. The molecule has 26 heavy (non-hydrogen) atoms. The lowest BCUT2D eigenvalue weighted by Crippen LogP contribution is -2.47. The highest BCUT2D eigenvalue weighted by molar-refractivity contribution is 5.84.